The number of allylic oxidation sites excluding steroid dienone is 18. The normalized spacial score (nSPS) is 12.8. The average molecular weight is 1140 g/mol. The Bertz CT molecular complexity index is 1640. The van der Waals surface area contributed by atoms with Crippen LogP contribution in [0, 0.1) is 0 Å². The van der Waals surface area contributed by atoms with Crippen molar-refractivity contribution in [3.8, 4) is 0 Å². The molecule has 0 rings (SSSR count). The maximum absolute atomic E-state index is 13.0. The van der Waals surface area contributed by atoms with Crippen LogP contribution >= 0.6 is 0 Å². The summed E-state index contributed by atoms with van der Waals surface area (Å²) in [6, 6.07) is 0. The molecule has 0 N–H and O–H groups in total. The van der Waals surface area contributed by atoms with Gasteiger partial charge in [0, 0.05) is 19.3 Å². The van der Waals surface area contributed by atoms with E-state index >= 15 is 0 Å². The van der Waals surface area contributed by atoms with Gasteiger partial charge in [-0.2, -0.15) is 0 Å². The van der Waals surface area contributed by atoms with E-state index in [9.17, 15) is 14.4 Å². The lowest BCUT2D eigenvalue weighted by molar-refractivity contribution is -0.167. The summed E-state index contributed by atoms with van der Waals surface area (Å²) in [4.78, 5) is 38.5. The largest absolute Gasteiger partial charge is 0.462 e. The number of ether oxygens (including phenoxy) is 3. The zero-order chi connectivity index (χ0) is 59.2. The van der Waals surface area contributed by atoms with Gasteiger partial charge in [-0.15, -0.1) is 0 Å². The standard InChI is InChI=1S/C76H130O6/c1-4-7-10-13-16-19-22-25-28-31-34-35-36-37-38-39-40-41-43-45-48-51-54-57-60-63-66-69-75(78)81-72-73(71-80-74(77)68-65-62-59-56-53-50-47-44-33-30-27-24-21-18-15-12-9-6-3)82-76(79)70-67-64-61-58-55-52-49-46-42-32-29-26-23-20-17-14-11-8-5-2/h7,10,16,19,21,24-25,28,30,33-35,37-38,40-41,45,48,73H,4-6,8-9,11-15,17-18,20,22-23,26-27,29,31-32,36,39,42-44,46-47,49-72H2,1-3H3/b10-7-,19-16-,24-21-,28-25-,33-30-,35-34-,38-37-,41-40-,48-45-. The average Bonchev–Trinajstić information content (AvgIpc) is 3.47. The Morgan fingerprint density at radius 3 is 0.756 bits per heavy atom. The van der Waals surface area contributed by atoms with Gasteiger partial charge in [-0.25, -0.2) is 0 Å². The lowest BCUT2D eigenvalue weighted by Gasteiger charge is -2.18. The molecule has 0 aromatic carbocycles. The first-order valence-corrected chi connectivity index (χ1v) is 34.9. The van der Waals surface area contributed by atoms with E-state index in [0.29, 0.717) is 19.3 Å². The first-order valence-electron chi connectivity index (χ1n) is 34.9. The van der Waals surface area contributed by atoms with Crippen LogP contribution in [0.25, 0.3) is 0 Å². The summed E-state index contributed by atoms with van der Waals surface area (Å²) in [7, 11) is 0. The zero-order valence-corrected chi connectivity index (χ0v) is 54.0. The van der Waals surface area contributed by atoms with Crippen molar-refractivity contribution in [2.45, 2.75) is 341 Å². The highest BCUT2D eigenvalue weighted by Gasteiger charge is 2.19. The summed E-state index contributed by atoms with van der Waals surface area (Å²) in [5, 5.41) is 0. The Morgan fingerprint density at radius 1 is 0.256 bits per heavy atom. The van der Waals surface area contributed by atoms with E-state index in [-0.39, 0.29) is 31.1 Å². The van der Waals surface area contributed by atoms with Crippen molar-refractivity contribution in [2.24, 2.45) is 0 Å². The molecule has 0 amide bonds. The summed E-state index contributed by atoms with van der Waals surface area (Å²) in [6.07, 6.45) is 95.3. The molecule has 82 heavy (non-hydrogen) atoms. The Hall–Kier alpha value is -3.93. The third-order valence-electron chi connectivity index (χ3n) is 15.0. The van der Waals surface area contributed by atoms with Crippen LogP contribution in [0.15, 0.2) is 109 Å². The molecular formula is C76H130O6. The smallest absolute Gasteiger partial charge is 0.306 e. The van der Waals surface area contributed by atoms with Crippen LogP contribution < -0.4 is 0 Å². The van der Waals surface area contributed by atoms with Crippen molar-refractivity contribution < 1.29 is 28.6 Å². The topological polar surface area (TPSA) is 78.9 Å². The number of rotatable bonds is 63. The molecule has 0 aliphatic carbocycles. The van der Waals surface area contributed by atoms with E-state index in [4.69, 9.17) is 14.2 Å². The van der Waals surface area contributed by atoms with Gasteiger partial charge >= 0.3 is 17.9 Å². The van der Waals surface area contributed by atoms with Crippen molar-refractivity contribution in [2.75, 3.05) is 13.2 Å². The van der Waals surface area contributed by atoms with Crippen LogP contribution in [-0.2, 0) is 28.6 Å². The molecule has 1 atom stereocenters. The zero-order valence-electron chi connectivity index (χ0n) is 54.0. The van der Waals surface area contributed by atoms with Gasteiger partial charge in [0.05, 0.1) is 0 Å². The maximum Gasteiger partial charge on any atom is 0.306 e. The molecule has 470 valence electrons. The van der Waals surface area contributed by atoms with Crippen molar-refractivity contribution in [1.29, 1.82) is 0 Å². The van der Waals surface area contributed by atoms with Gasteiger partial charge in [-0.3, -0.25) is 14.4 Å². The molecule has 0 aliphatic rings. The number of hydrogen-bond donors (Lipinski definition) is 0. The highest BCUT2D eigenvalue weighted by molar-refractivity contribution is 5.71. The van der Waals surface area contributed by atoms with E-state index in [0.717, 1.165) is 135 Å². The molecule has 0 saturated carbocycles. The Kier molecular flexibility index (Phi) is 66.2. The molecule has 0 aliphatic heterocycles. The van der Waals surface area contributed by atoms with Crippen LogP contribution in [0.1, 0.15) is 335 Å². The first kappa shape index (κ1) is 78.1. The van der Waals surface area contributed by atoms with Crippen molar-refractivity contribution in [3.63, 3.8) is 0 Å². The molecule has 6 nitrogen and oxygen atoms in total. The van der Waals surface area contributed by atoms with Crippen molar-refractivity contribution in [3.05, 3.63) is 109 Å². The minimum atomic E-state index is -0.792. The van der Waals surface area contributed by atoms with Crippen LogP contribution in [0.4, 0.5) is 0 Å². The molecule has 0 heterocycles. The fourth-order valence-electron chi connectivity index (χ4n) is 9.81. The van der Waals surface area contributed by atoms with E-state index in [1.165, 1.54) is 161 Å². The van der Waals surface area contributed by atoms with Gasteiger partial charge in [0.2, 0.25) is 0 Å². The fraction of sp³-hybridized carbons (Fsp3) is 0.724. The number of esters is 3. The molecule has 6 heteroatoms. The molecule has 0 aromatic rings. The Balaban J connectivity index is 4.41. The number of carbonyl (C=O) groups is 3. The van der Waals surface area contributed by atoms with Gasteiger partial charge in [0.25, 0.3) is 0 Å². The Morgan fingerprint density at radius 2 is 0.476 bits per heavy atom. The summed E-state index contributed by atoms with van der Waals surface area (Å²) < 4.78 is 17.0. The molecule has 0 bridgehead atoms. The second-order valence-corrected chi connectivity index (χ2v) is 23.1. The van der Waals surface area contributed by atoms with Gasteiger partial charge < -0.3 is 14.2 Å². The summed E-state index contributed by atoms with van der Waals surface area (Å²) in [6.45, 7) is 6.53. The van der Waals surface area contributed by atoms with E-state index in [2.05, 4.69) is 130 Å². The van der Waals surface area contributed by atoms with Gasteiger partial charge in [-0.05, 0) is 109 Å². The molecule has 0 fully saturated rings. The summed E-state index contributed by atoms with van der Waals surface area (Å²) in [5.74, 6) is -0.898. The summed E-state index contributed by atoms with van der Waals surface area (Å²) >= 11 is 0. The number of unbranched alkanes of at least 4 members (excludes halogenated alkanes) is 34. The maximum atomic E-state index is 13.0. The lowest BCUT2D eigenvalue weighted by atomic mass is 10.0. The quantitative estimate of drug-likeness (QED) is 0.0261. The Labute approximate surface area is 508 Å². The van der Waals surface area contributed by atoms with E-state index < -0.39 is 6.10 Å². The number of carbonyl (C=O) groups excluding carboxylic acids is 3. The number of hydrogen-bond acceptors (Lipinski definition) is 6. The fourth-order valence-corrected chi connectivity index (χ4v) is 9.81. The van der Waals surface area contributed by atoms with Crippen LogP contribution in [0.3, 0.4) is 0 Å². The third-order valence-corrected chi connectivity index (χ3v) is 15.0. The van der Waals surface area contributed by atoms with Crippen LogP contribution in [0.5, 0.6) is 0 Å². The van der Waals surface area contributed by atoms with Crippen molar-refractivity contribution in [1.82, 2.24) is 0 Å². The molecule has 1 unspecified atom stereocenters. The third kappa shape index (κ3) is 66.9. The highest BCUT2D eigenvalue weighted by Crippen LogP contribution is 2.17. The molecule has 0 saturated heterocycles. The van der Waals surface area contributed by atoms with Gasteiger partial charge in [0.15, 0.2) is 6.10 Å². The first-order chi connectivity index (χ1) is 40.5. The lowest BCUT2D eigenvalue weighted by Crippen LogP contribution is -2.30. The van der Waals surface area contributed by atoms with Crippen LogP contribution in [0.2, 0.25) is 0 Å². The van der Waals surface area contributed by atoms with E-state index in [1.807, 2.05) is 0 Å². The SMILES string of the molecule is CC/C=C\C/C=C\C/C=C\C/C=C\C/C=C\C/C=C\C/C=C\CCCCCCCC(=O)OCC(COC(=O)CCCCCCCCC/C=C\C/C=C\CCCCCC)OC(=O)CCCCCCCCCCCCCCCCCCCCC. The second-order valence-electron chi connectivity index (χ2n) is 23.1. The van der Waals surface area contributed by atoms with Gasteiger partial charge in [0.1, 0.15) is 13.2 Å². The second kappa shape index (κ2) is 69.6. The van der Waals surface area contributed by atoms with Gasteiger partial charge in [-0.1, -0.05) is 316 Å². The highest BCUT2D eigenvalue weighted by atomic mass is 16.6. The molecule has 0 radical (unpaired) electrons. The molecule has 0 spiro atoms. The minimum absolute atomic E-state index is 0.0866. The molecular weight excluding hydrogens is 1010 g/mol. The van der Waals surface area contributed by atoms with Crippen LogP contribution in [-0.4, -0.2) is 37.2 Å². The predicted molar refractivity (Wildman–Crippen MR) is 357 cm³/mol. The van der Waals surface area contributed by atoms with Crippen molar-refractivity contribution >= 4 is 17.9 Å². The minimum Gasteiger partial charge on any atom is -0.462 e. The van der Waals surface area contributed by atoms with E-state index in [1.54, 1.807) is 0 Å². The monoisotopic (exact) mass is 1140 g/mol. The summed E-state index contributed by atoms with van der Waals surface area (Å²) in [5.41, 5.74) is 0. The molecule has 0 aromatic heterocycles. The predicted octanol–water partition coefficient (Wildman–Crippen LogP) is 24.2.